The van der Waals surface area contributed by atoms with Crippen LogP contribution in [-0.4, -0.2) is 11.1 Å². The molecule has 0 unspecified atom stereocenters. The first-order chi connectivity index (χ1) is 6.09. The highest BCUT2D eigenvalue weighted by Crippen LogP contribution is 1.99. The van der Waals surface area contributed by atoms with Gasteiger partial charge in [0.15, 0.2) is 11.9 Å². The van der Waals surface area contributed by atoms with Gasteiger partial charge in [0.1, 0.15) is 0 Å². The number of nitrogens with zero attached hydrogens (tertiary/aromatic N) is 1. The maximum Gasteiger partial charge on any atom is 0.328 e. The Kier molecular flexibility index (Phi) is 2.64. The van der Waals surface area contributed by atoms with Crippen LogP contribution in [0.25, 0.3) is 6.08 Å². The molecule has 0 bridgehead atoms. The Balaban J connectivity index is 2.92. The molecular formula is C9H9NO3. The predicted molar refractivity (Wildman–Crippen MR) is 46.8 cm³/mol. The first-order valence-corrected chi connectivity index (χ1v) is 3.70. The summed E-state index contributed by atoms with van der Waals surface area (Å²) in [4.78, 5) is 10.2. The van der Waals surface area contributed by atoms with E-state index in [4.69, 9.17) is 5.11 Å². The number of carboxylic acid groups (broad SMARTS) is 1. The molecule has 0 spiro atoms. The third kappa shape index (κ3) is 2.59. The molecule has 1 N–H and O–H groups in total. The Morgan fingerprint density at radius 3 is 2.85 bits per heavy atom. The van der Waals surface area contributed by atoms with Crippen LogP contribution in [0.1, 0.15) is 11.3 Å². The average Bonchev–Trinajstić information content (AvgIpc) is 2.07. The lowest BCUT2D eigenvalue weighted by molar-refractivity contribution is -0.612. The zero-order chi connectivity index (χ0) is 9.84. The molecule has 1 heterocycles. The van der Waals surface area contributed by atoms with Crippen molar-refractivity contribution in [2.24, 2.45) is 0 Å². The van der Waals surface area contributed by atoms with Gasteiger partial charge in [-0.1, -0.05) is 0 Å². The van der Waals surface area contributed by atoms with Crippen molar-refractivity contribution in [2.75, 3.05) is 0 Å². The molecule has 13 heavy (non-hydrogen) atoms. The van der Waals surface area contributed by atoms with Crippen molar-refractivity contribution in [3.63, 3.8) is 0 Å². The normalized spacial score (nSPS) is 10.5. The first kappa shape index (κ1) is 9.25. The van der Waals surface area contributed by atoms with Gasteiger partial charge in [-0.2, -0.15) is 4.73 Å². The molecule has 0 atom stereocenters. The van der Waals surface area contributed by atoms with E-state index >= 15 is 0 Å². The van der Waals surface area contributed by atoms with Gasteiger partial charge < -0.3 is 10.3 Å². The van der Waals surface area contributed by atoms with Crippen molar-refractivity contribution in [2.45, 2.75) is 6.92 Å². The van der Waals surface area contributed by atoms with Gasteiger partial charge in [0.05, 0.1) is 0 Å². The van der Waals surface area contributed by atoms with Gasteiger partial charge in [0, 0.05) is 24.6 Å². The lowest BCUT2D eigenvalue weighted by Gasteiger charge is -1.99. The fraction of sp³-hybridized carbons (Fsp3) is 0.111. The molecule has 0 aliphatic rings. The van der Waals surface area contributed by atoms with Crippen LogP contribution >= 0.6 is 0 Å². The number of pyridine rings is 1. The van der Waals surface area contributed by atoms with E-state index in [2.05, 4.69) is 0 Å². The third-order valence-corrected chi connectivity index (χ3v) is 1.55. The van der Waals surface area contributed by atoms with Crippen LogP contribution in [0.5, 0.6) is 0 Å². The van der Waals surface area contributed by atoms with Gasteiger partial charge in [0.25, 0.3) is 0 Å². The second kappa shape index (κ2) is 3.71. The van der Waals surface area contributed by atoms with E-state index < -0.39 is 5.97 Å². The Morgan fingerprint density at radius 1 is 1.62 bits per heavy atom. The highest BCUT2D eigenvalue weighted by atomic mass is 16.5. The number of carbonyl (C=O) groups is 1. The molecule has 0 radical (unpaired) electrons. The fourth-order valence-corrected chi connectivity index (χ4v) is 0.837. The second-order valence-corrected chi connectivity index (χ2v) is 2.60. The van der Waals surface area contributed by atoms with Crippen molar-refractivity contribution in [3.8, 4) is 0 Å². The summed E-state index contributed by atoms with van der Waals surface area (Å²) in [6.45, 7) is 1.68. The van der Waals surface area contributed by atoms with Crippen molar-refractivity contribution < 1.29 is 14.6 Å². The number of hydrogen-bond donors (Lipinski definition) is 1. The number of rotatable bonds is 2. The number of hydrogen-bond acceptors (Lipinski definition) is 2. The molecule has 68 valence electrons. The molecule has 0 saturated heterocycles. The average molecular weight is 179 g/mol. The Hall–Kier alpha value is -1.84. The van der Waals surface area contributed by atoms with Gasteiger partial charge in [-0.3, -0.25) is 0 Å². The third-order valence-electron chi connectivity index (χ3n) is 1.55. The summed E-state index contributed by atoms with van der Waals surface area (Å²) < 4.78 is 0.696. The van der Waals surface area contributed by atoms with Crippen molar-refractivity contribution >= 4 is 12.0 Å². The molecule has 0 amide bonds. The zero-order valence-corrected chi connectivity index (χ0v) is 7.10. The number of aryl methyl sites for hydroxylation is 1. The summed E-state index contributed by atoms with van der Waals surface area (Å²) in [5.41, 5.74) is 1.15. The van der Waals surface area contributed by atoms with E-state index in [1.807, 2.05) is 0 Å². The van der Waals surface area contributed by atoms with Crippen LogP contribution in [-0.2, 0) is 4.79 Å². The van der Waals surface area contributed by atoms with Crippen LogP contribution in [0.4, 0.5) is 0 Å². The predicted octanol–water partition coefficient (Wildman–Crippen LogP) is 0.726. The number of aliphatic carboxylic acids is 1. The quantitative estimate of drug-likeness (QED) is 0.413. The molecule has 4 heteroatoms. The molecule has 1 aromatic rings. The zero-order valence-electron chi connectivity index (χ0n) is 7.10. The molecule has 1 rings (SSSR count). The monoisotopic (exact) mass is 179 g/mol. The van der Waals surface area contributed by atoms with Gasteiger partial charge in [0.2, 0.25) is 0 Å². The van der Waals surface area contributed by atoms with E-state index in [1.54, 1.807) is 19.1 Å². The summed E-state index contributed by atoms with van der Waals surface area (Å²) >= 11 is 0. The maximum atomic E-state index is 11.0. The van der Waals surface area contributed by atoms with Gasteiger partial charge in [-0.05, 0) is 12.1 Å². The van der Waals surface area contributed by atoms with E-state index in [1.165, 1.54) is 12.3 Å². The second-order valence-electron chi connectivity index (χ2n) is 2.60. The molecule has 0 saturated carbocycles. The minimum Gasteiger partial charge on any atom is -0.618 e. The SMILES string of the molecule is Cc1ccc(C=CC(=O)O)c[n+]1[O-]. The maximum absolute atomic E-state index is 11.0. The highest BCUT2D eigenvalue weighted by molar-refractivity contribution is 5.85. The first-order valence-electron chi connectivity index (χ1n) is 3.70. The van der Waals surface area contributed by atoms with E-state index in [-0.39, 0.29) is 0 Å². The molecule has 1 aromatic heterocycles. The van der Waals surface area contributed by atoms with E-state index in [0.29, 0.717) is 16.0 Å². The Bertz CT molecular complexity index is 358. The molecule has 0 fully saturated rings. The van der Waals surface area contributed by atoms with Crippen LogP contribution in [0.3, 0.4) is 0 Å². The lowest BCUT2D eigenvalue weighted by Crippen LogP contribution is -2.29. The van der Waals surface area contributed by atoms with Gasteiger partial charge in [-0.25, -0.2) is 4.79 Å². The minimum absolute atomic E-state index is 0.572. The molecule has 0 aromatic carbocycles. The van der Waals surface area contributed by atoms with E-state index in [0.717, 1.165) is 6.08 Å². The fourth-order valence-electron chi connectivity index (χ4n) is 0.837. The van der Waals surface area contributed by atoms with Gasteiger partial charge in [-0.15, -0.1) is 0 Å². The summed E-state index contributed by atoms with van der Waals surface area (Å²) in [5.74, 6) is -1.03. The summed E-state index contributed by atoms with van der Waals surface area (Å²) in [7, 11) is 0. The number of carboxylic acids is 1. The largest absolute Gasteiger partial charge is 0.618 e. The summed E-state index contributed by atoms with van der Waals surface area (Å²) in [6.07, 6.45) is 3.69. The Labute approximate surface area is 75.3 Å². The molecule has 0 aliphatic carbocycles. The van der Waals surface area contributed by atoms with Crippen molar-refractivity contribution in [1.82, 2.24) is 0 Å². The molecule has 4 nitrogen and oxygen atoms in total. The van der Waals surface area contributed by atoms with E-state index in [9.17, 15) is 10.0 Å². The Morgan fingerprint density at radius 2 is 2.31 bits per heavy atom. The molecular weight excluding hydrogens is 170 g/mol. The van der Waals surface area contributed by atoms with Gasteiger partial charge >= 0.3 is 5.97 Å². The van der Waals surface area contributed by atoms with Crippen LogP contribution in [0.15, 0.2) is 24.4 Å². The summed E-state index contributed by atoms with van der Waals surface area (Å²) in [5, 5.41) is 19.3. The number of aromatic nitrogens is 1. The van der Waals surface area contributed by atoms with Crippen LogP contribution < -0.4 is 4.73 Å². The van der Waals surface area contributed by atoms with Crippen LogP contribution in [0, 0.1) is 12.1 Å². The summed E-state index contributed by atoms with van der Waals surface area (Å²) in [6, 6.07) is 3.32. The smallest absolute Gasteiger partial charge is 0.328 e. The minimum atomic E-state index is -1.03. The topological polar surface area (TPSA) is 64.2 Å². The lowest BCUT2D eigenvalue weighted by atomic mass is 10.2. The van der Waals surface area contributed by atoms with Crippen molar-refractivity contribution in [3.05, 3.63) is 40.9 Å². The standard InChI is InChI=1S/C9H9NO3/c1-7-2-3-8(6-10(7)13)4-5-9(11)12/h2-6H,1H3,(H,11,12). The van der Waals surface area contributed by atoms with Crippen LogP contribution in [0.2, 0.25) is 0 Å². The highest BCUT2D eigenvalue weighted by Gasteiger charge is 1.98. The molecule has 0 aliphatic heterocycles. The van der Waals surface area contributed by atoms with Crippen molar-refractivity contribution in [1.29, 1.82) is 0 Å².